The van der Waals surface area contributed by atoms with E-state index >= 15 is 0 Å². The van der Waals surface area contributed by atoms with Gasteiger partial charge >= 0.3 is 0 Å². The van der Waals surface area contributed by atoms with Gasteiger partial charge in [-0.05, 0) is 36.7 Å². The van der Waals surface area contributed by atoms with E-state index < -0.39 is 0 Å². The standard InChI is InChI=1S/C20H24N2OS/c1-12(2)24-20-21-18-15-10-6-5-9-14(15)11-16(13-7-3-4-8-13)17(18)19(23)22-20/h5-6,9-10,12-13,16H,3-4,7-8,11H2,1-2H3,(H,21,22,23)/t16-/m1/s1. The van der Waals surface area contributed by atoms with Crippen molar-refractivity contribution in [3.63, 3.8) is 0 Å². The van der Waals surface area contributed by atoms with Gasteiger partial charge in [0.15, 0.2) is 5.16 Å². The number of H-pyrrole nitrogens is 1. The summed E-state index contributed by atoms with van der Waals surface area (Å²) in [5, 5.41) is 1.14. The maximum Gasteiger partial charge on any atom is 0.255 e. The van der Waals surface area contributed by atoms with Crippen molar-refractivity contribution in [2.24, 2.45) is 5.92 Å². The van der Waals surface area contributed by atoms with Crippen LogP contribution in [0, 0.1) is 5.92 Å². The van der Waals surface area contributed by atoms with Gasteiger partial charge in [0, 0.05) is 16.4 Å². The molecule has 1 heterocycles. The molecule has 2 aromatic rings. The minimum atomic E-state index is 0.0783. The molecule has 1 atom stereocenters. The van der Waals surface area contributed by atoms with Gasteiger partial charge in [-0.25, -0.2) is 4.98 Å². The lowest BCUT2D eigenvalue weighted by Gasteiger charge is -2.30. The monoisotopic (exact) mass is 340 g/mol. The molecule has 24 heavy (non-hydrogen) atoms. The summed E-state index contributed by atoms with van der Waals surface area (Å²) in [5.41, 5.74) is 4.45. The third-order valence-corrected chi connectivity index (χ3v) is 6.22. The van der Waals surface area contributed by atoms with Gasteiger partial charge in [-0.2, -0.15) is 0 Å². The summed E-state index contributed by atoms with van der Waals surface area (Å²) in [5.74, 6) is 0.954. The fourth-order valence-electron chi connectivity index (χ4n) is 4.32. The van der Waals surface area contributed by atoms with Crippen molar-refractivity contribution < 1.29 is 0 Å². The van der Waals surface area contributed by atoms with E-state index in [9.17, 15) is 4.79 Å². The van der Waals surface area contributed by atoms with Gasteiger partial charge in [-0.15, -0.1) is 0 Å². The number of fused-ring (bicyclic) bond motifs is 3. The maximum absolute atomic E-state index is 12.9. The van der Waals surface area contributed by atoms with Crippen molar-refractivity contribution in [3.05, 3.63) is 45.7 Å². The van der Waals surface area contributed by atoms with Crippen LogP contribution < -0.4 is 5.56 Å². The quantitative estimate of drug-likeness (QED) is 0.647. The van der Waals surface area contributed by atoms with Crippen LogP contribution in [-0.2, 0) is 6.42 Å². The van der Waals surface area contributed by atoms with Crippen LogP contribution in [0.4, 0.5) is 0 Å². The number of hydrogen-bond donors (Lipinski definition) is 1. The van der Waals surface area contributed by atoms with Gasteiger partial charge in [-0.3, -0.25) is 4.79 Å². The number of nitrogens with one attached hydrogen (secondary N) is 1. The van der Waals surface area contributed by atoms with Crippen molar-refractivity contribution in [1.29, 1.82) is 0 Å². The molecule has 1 saturated carbocycles. The van der Waals surface area contributed by atoms with E-state index in [1.807, 2.05) is 0 Å². The zero-order chi connectivity index (χ0) is 16.7. The molecule has 2 aliphatic carbocycles. The second kappa shape index (κ2) is 6.40. The summed E-state index contributed by atoms with van der Waals surface area (Å²) in [7, 11) is 0. The highest BCUT2D eigenvalue weighted by Crippen LogP contribution is 2.45. The second-order valence-electron chi connectivity index (χ2n) is 7.31. The average Bonchev–Trinajstić information content (AvgIpc) is 3.07. The van der Waals surface area contributed by atoms with Gasteiger partial charge in [0.05, 0.1) is 5.69 Å². The van der Waals surface area contributed by atoms with Crippen molar-refractivity contribution in [3.8, 4) is 11.3 Å². The number of aromatic amines is 1. The molecular formula is C20H24N2OS. The molecule has 0 amide bonds. The van der Waals surface area contributed by atoms with Crippen LogP contribution >= 0.6 is 11.8 Å². The third kappa shape index (κ3) is 2.81. The van der Waals surface area contributed by atoms with Crippen molar-refractivity contribution >= 4 is 11.8 Å². The SMILES string of the molecule is CC(C)Sc1nc2c(c(=O)[nH]1)[C@@H](C1CCCC1)Cc1ccccc1-2. The Morgan fingerprint density at radius 2 is 1.96 bits per heavy atom. The molecule has 0 bridgehead atoms. The Hall–Kier alpha value is -1.55. The summed E-state index contributed by atoms with van der Waals surface area (Å²) in [6.45, 7) is 4.25. The number of rotatable bonds is 3. The molecule has 0 saturated heterocycles. The third-order valence-electron chi connectivity index (χ3n) is 5.33. The van der Waals surface area contributed by atoms with E-state index in [2.05, 4.69) is 43.1 Å². The zero-order valence-electron chi connectivity index (χ0n) is 14.3. The summed E-state index contributed by atoms with van der Waals surface area (Å²) in [6, 6.07) is 8.48. The topological polar surface area (TPSA) is 45.8 Å². The van der Waals surface area contributed by atoms with Crippen LogP contribution in [0.3, 0.4) is 0 Å². The highest BCUT2D eigenvalue weighted by Gasteiger charge is 2.35. The molecule has 1 aromatic heterocycles. The summed E-state index contributed by atoms with van der Waals surface area (Å²) >= 11 is 1.63. The van der Waals surface area contributed by atoms with Crippen LogP contribution in [0.5, 0.6) is 0 Å². The van der Waals surface area contributed by atoms with E-state index in [4.69, 9.17) is 4.98 Å². The summed E-state index contributed by atoms with van der Waals surface area (Å²) < 4.78 is 0. The van der Waals surface area contributed by atoms with Gasteiger partial charge in [0.1, 0.15) is 0 Å². The van der Waals surface area contributed by atoms with E-state index in [1.165, 1.54) is 31.2 Å². The lowest BCUT2D eigenvalue weighted by atomic mass is 9.74. The minimum Gasteiger partial charge on any atom is -0.301 e. The fourth-order valence-corrected chi connectivity index (χ4v) is 5.06. The zero-order valence-corrected chi connectivity index (χ0v) is 15.2. The molecule has 1 fully saturated rings. The molecule has 2 aliphatic rings. The number of benzene rings is 1. The minimum absolute atomic E-state index is 0.0783. The first-order chi connectivity index (χ1) is 11.6. The van der Waals surface area contributed by atoms with E-state index in [0.29, 0.717) is 17.1 Å². The number of hydrogen-bond acceptors (Lipinski definition) is 3. The smallest absolute Gasteiger partial charge is 0.255 e. The van der Waals surface area contributed by atoms with Crippen LogP contribution in [-0.4, -0.2) is 15.2 Å². The molecular weight excluding hydrogens is 316 g/mol. The first kappa shape index (κ1) is 15.9. The molecule has 4 heteroatoms. The molecule has 126 valence electrons. The Balaban J connectivity index is 1.88. The van der Waals surface area contributed by atoms with Gasteiger partial charge in [-0.1, -0.05) is 62.7 Å². The second-order valence-corrected chi connectivity index (χ2v) is 8.88. The van der Waals surface area contributed by atoms with Crippen LogP contribution in [0.1, 0.15) is 56.6 Å². The lowest BCUT2D eigenvalue weighted by molar-refractivity contribution is 0.424. The average molecular weight is 340 g/mol. The normalized spacial score (nSPS) is 20.2. The van der Waals surface area contributed by atoms with Gasteiger partial charge in [0.25, 0.3) is 5.56 Å². The Morgan fingerprint density at radius 3 is 2.71 bits per heavy atom. The molecule has 1 N–H and O–H groups in total. The lowest BCUT2D eigenvalue weighted by Crippen LogP contribution is -2.28. The van der Waals surface area contributed by atoms with E-state index in [1.54, 1.807) is 11.8 Å². The summed E-state index contributed by atoms with van der Waals surface area (Å²) in [6.07, 6.45) is 6.06. The Bertz CT molecular complexity index is 806. The Kier molecular flexibility index (Phi) is 4.25. The van der Waals surface area contributed by atoms with Gasteiger partial charge < -0.3 is 4.98 Å². The predicted molar refractivity (Wildman–Crippen MR) is 99.7 cm³/mol. The Morgan fingerprint density at radius 1 is 1.21 bits per heavy atom. The molecule has 0 radical (unpaired) electrons. The van der Waals surface area contributed by atoms with Crippen molar-refractivity contribution in [2.75, 3.05) is 0 Å². The van der Waals surface area contributed by atoms with Crippen molar-refractivity contribution in [2.45, 2.75) is 62.3 Å². The molecule has 0 unspecified atom stereocenters. The van der Waals surface area contributed by atoms with Crippen LogP contribution in [0.15, 0.2) is 34.2 Å². The highest BCUT2D eigenvalue weighted by molar-refractivity contribution is 7.99. The molecule has 0 spiro atoms. The molecule has 4 rings (SSSR count). The number of thioether (sulfide) groups is 1. The van der Waals surface area contributed by atoms with Crippen LogP contribution in [0.25, 0.3) is 11.3 Å². The van der Waals surface area contributed by atoms with E-state index in [0.717, 1.165) is 28.4 Å². The van der Waals surface area contributed by atoms with Crippen molar-refractivity contribution in [1.82, 2.24) is 9.97 Å². The number of aromatic nitrogens is 2. The predicted octanol–water partition coefficient (Wildman–Crippen LogP) is 4.77. The molecule has 3 nitrogen and oxygen atoms in total. The first-order valence-electron chi connectivity index (χ1n) is 9.02. The fraction of sp³-hybridized carbons (Fsp3) is 0.500. The number of nitrogens with zero attached hydrogens (tertiary/aromatic N) is 1. The van der Waals surface area contributed by atoms with Crippen LogP contribution in [0.2, 0.25) is 0 Å². The summed E-state index contributed by atoms with van der Waals surface area (Å²) in [4.78, 5) is 20.9. The largest absolute Gasteiger partial charge is 0.301 e. The first-order valence-corrected chi connectivity index (χ1v) is 9.90. The Labute approximate surface area is 147 Å². The van der Waals surface area contributed by atoms with E-state index in [-0.39, 0.29) is 5.56 Å². The van der Waals surface area contributed by atoms with Gasteiger partial charge in [0.2, 0.25) is 0 Å². The maximum atomic E-state index is 12.9. The molecule has 1 aromatic carbocycles. The highest BCUT2D eigenvalue weighted by atomic mass is 32.2. The molecule has 0 aliphatic heterocycles.